The van der Waals surface area contributed by atoms with E-state index in [0.29, 0.717) is 17.9 Å². The first-order valence-corrected chi connectivity index (χ1v) is 12.9. The topological polar surface area (TPSA) is 35.5 Å². The lowest BCUT2D eigenvalue weighted by atomic mass is 10.1. The van der Waals surface area contributed by atoms with Gasteiger partial charge in [-0.1, -0.05) is 48.2 Å². The number of rotatable bonds is 7. The molecule has 0 atom stereocenters. The van der Waals surface area contributed by atoms with E-state index >= 15 is 0 Å². The summed E-state index contributed by atoms with van der Waals surface area (Å²) in [5, 5.41) is 0. The molecule has 4 rings (SSSR count). The summed E-state index contributed by atoms with van der Waals surface area (Å²) in [5.41, 5.74) is -1.96. The molecule has 4 aromatic rings. The summed E-state index contributed by atoms with van der Waals surface area (Å²) in [6, 6.07) is 29.0. The van der Waals surface area contributed by atoms with Crippen molar-refractivity contribution in [1.82, 2.24) is 0 Å². The Balaban J connectivity index is 1.40. The van der Waals surface area contributed by atoms with Gasteiger partial charge in [0.25, 0.3) is 0 Å². The number of benzene rings is 4. The summed E-state index contributed by atoms with van der Waals surface area (Å²) in [4.78, 5) is 15.8. The summed E-state index contributed by atoms with van der Waals surface area (Å²) >= 11 is 0. The molecule has 0 aliphatic carbocycles. The fourth-order valence-electron chi connectivity index (χ4n) is 3.55. The van der Waals surface area contributed by atoms with Gasteiger partial charge in [-0.15, -0.1) is 0 Å². The average molecular weight is 534 g/mol. The summed E-state index contributed by atoms with van der Waals surface area (Å²) in [5.74, 6) is 1.26. The van der Waals surface area contributed by atoms with Gasteiger partial charge >= 0.3 is 5.97 Å². The molecule has 0 saturated carbocycles. The first-order chi connectivity index (χ1) is 18.2. The van der Waals surface area contributed by atoms with Crippen molar-refractivity contribution in [3.63, 3.8) is 0 Å². The van der Waals surface area contributed by atoms with E-state index in [1.54, 1.807) is 12.1 Å². The zero-order valence-electron chi connectivity index (χ0n) is 20.7. The standard InChI is InChI=1S/C31H24F3O3S/c1-31(2,18-17-27-28(33)19-22(32)20-29(27)34)37-30(35)21-36-23-13-15-26(16-14-23)38(24-9-5-3-6-10-24)25-11-7-4-8-12-25/h3-16,19-20H,21H2,1-2H3/q+1. The van der Waals surface area contributed by atoms with Crippen LogP contribution in [0.1, 0.15) is 19.4 Å². The van der Waals surface area contributed by atoms with Crippen LogP contribution < -0.4 is 4.74 Å². The number of esters is 1. The largest absolute Gasteiger partial charge is 0.482 e. The van der Waals surface area contributed by atoms with E-state index in [9.17, 15) is 18.0 Å². The zero-order chi connectivity index (χ0) is 27.1. The smallest absolute Gasteiger partial charge is 0.345 e. The summed E-state index contributed by atoms with van der Waals surface area (Å²) < 4.78 is 51.6. The Kier molecular flexibility index (Phi) is 8.45. The Hall–Kier alpha value is -4.15. The van der Waals surface area contributed by atoms with E-state index in [2.05, 4.69) is 36.1 Å². The molecule has 0 bridgehead atoms. The van der Waals surface area contributed by atoms with E-state index < -0.39 is 34.6 Å². The predicted octanol–water partition coefficient (Wildman–Crippen LogP) is 6.95. The van der Waals surface area contributed by atoms with Crippen LogP contribution in [0.2, 0.25) is 0 Å². The maximum Gasteiger partial charge on any atom is 0.345 e. The van der Waals surface area contributed by atoms with Crippen LogP contribution in [-0.4, -0.2) is 18.2 Å². The van der Waals surface area contributed by atoms with Crippen molar-refractivity contribution in [2.75, 3.05) is 6.61 Å². The highest BCUT2D eigenvalue weighted by molar-refractivity contribution is 7.97. The van der Waals surface area contributed by atoms with Crippen LogP contribution in [0.3, 0.4) is 0 Å². The van der Waals surface area contributed by atoms with Crippen LogP contribution in [0.4, 0.5) is 13.2 Å². The zero-order valence-corrected chi connectivity index (χ0v) is 21.5. The lowest BCUT2D eigenvalue weighted by Gasteiger charge is -2.19. The van der Waals surface area contributed by atoms with Crippen LogP contribution >= 0.6 is 0 Å². The lowest BCUT2D eigenvalue weighted by molar-refractivity contribution is -0.154. The second kappa shape index (κ2) is 11.9. The fraction of sp³-hybridized carbons (Fsp3) is 0.129. The normalized spacial score (nSPS) is 11.0. The van der Waals surface area contributed by atoms with Gasteiger partial charge in [0.15, 0.2) is 26.9 Å². The van der Waals surface area contributed by atoms with E-state index in [1.165, 1.54) is 23.6 Å². The Morgan fingerprint density at radius 2 is 1.29 bits per heavy atom. The fourth-order valence-corrected chi connectivity index (χ4v) is 5.63. The molecule has 4 aromatic carbocycles. The van der Waals surface area contributed by atoms with Crippen LogP contribution in [0.5, 0.6) is 5.75 Å². The van der Waals surface area contributed by atoms with Crippen LogP contribution in [0, 0.1) is 29.3 Å². The summed E-state index contributed by atoms with van der Waals surface area (Å²) in [6.45, 7) is 2.56. The van der Waals surface area contributed by atoms with Crippen LogP contribution in [-0.2, 0) is 20.4 Å². The van der Waals surface area contributed by atoms with Gasteiger partial charge < -0.3 is 9.47 Å². The lowest BCUT2D eigenvalue weighted by Crippen LogP contribution is -2.29. The van der Waals surface area contributed by atoms with Gasteiger partial charge in [-0.2, -0.15) is 0 Å². The van der Waals surface area contributed by atoms with Crippen molar-refractivity contribution in [3.8, 4) is 17.6 Å². The van der Waals surface area contributed by atoms with E-state index in [0.717, 1.165) is 4.90 Å². The third-order valence-corrected chi connectivity index (χ3v) is 7.47. The molecular formula is C31H24F3O3S+. The molecule has 0 saturated heterocycles. The highest BCUT2D eigenvalue weighted by Gasteiger charge is 2.28. The van der Waals surface area contributed by atoms with Gasteiger partial charge in [0.1, 0.15) is 23.2 Å². The molecule has 0 heterocycles. The van der Waals surface area contributed by atoms with Crippen molar-refractivity contribution < 1.29 is 27.4 Å². The predicted molar refractivity (Wildman–Crippen MR) is 140 cm³/mol. The number of hydrogen-bond acceptors (Lipinski definition) is 3. The molecule has 0 aromatic heterocycles. The molecule has 38 heavy (non-hydrogen) atoms. The first kappa shape index (κ1) is 26.9. The number of halogens is 3. The minimum atomic E-state index is -1.36. The first-order valence-electron chi connectivity index (χ1n) is 11.7. The van der Waals surface area contributed by atoms with Gasteiger partial charge in [0.05, 0.1) is 16.5 Å². The van der Waals surface area contributed by atoms with Gasteiger partial charge in [-0.05, 0) is 62.4 Å². The SMILES string of the molecule is CC(C)(C#Cc1c(F)cc(F)cc1F)OC(=O)COc1ccc([S+](c2ccccc2)c2ccccc2)cc1. The average Bonchev–Trinajstić information content (AvgIpc) is 2.89. The van der Waals surface area contributed by atoms with E-state index in [-0.39, 0.29) is 17.5 Å². The number of ether oxygens (including phenoxy) is 2. The quantitative estimate of drug-likeness (QED) is 0.147. The molecule has 0 aliphatic rings. The molecule has 0 N–H and O–H groups in total. The maximum atomic E-state index is 13.8. The van der Waals surface area contributed by atoms with Crippen LogP contribution in [0.25, 0.3) is 0 Å². The molecule has 192 valence electrons. The molecule has 0 fully saturated rings. The van der Waals surface area contributed by atoms with Gasteiger partial charge in [0, 0.05) is 12.1 Å². The highest BCUT2D eigenvalue weighted by atomic mass is 32.2. The number of hydrogen-bond donors (Lipinski definition) is 0. The second-order valence-electron chi connectivity index (χ2n) is 8.67. The van der Waals surface area contributed by atoms with Gasteiger partial charge in [-0.3, -0.25) is 0 Å². The summed E-state index contributed by atoms with van der Waals surface area (Å²) in [7, 11) is -0.309. The maximum absolute atomic E-state index is 13.8. The van der Waals surface area contributed by atoms with Crippen molar-refractivity contribution in [2.24, 2.45) is 0 Å². The van der Waals surface area contributed by atoms with Crippen molar-refractivity contribution in [1.29, 1.82) is 0 Å². The Labute approximate surface area is 222 Å². The van der Waals surface area contributed by atoms with Crippen molar-refractivity contribution in [3.05, 3.63) is 120 Å². The van der Waals surface area contributed by atoms with Gasteiger partial charge in [-0.25, -0.2) is 18.0 Å². The molecule has 0 unspecified atom stereocenters. The summed E-state index contributed by atoms with van der Waals surface area (Å²) in [6.07, 6.45) is 0. The third kappa shape index (κ3) is 6.99. The van der Waals surface area contributed by atoms with Crippen molar-refractivity contribution in [2.45, 2.75) is 34.1 Å². The third-order valence-electron chi connectivity index (χ3n) is 5.24. The molecule has 7 heteroatoms. The molecule has 0 spiro atoms. The highest BCUT2D eigenvalue weighted by Crippen LogP contribution is 2.32. The van der Waals surface area contributed by atoms with E-state index in [4.69, 9.17) is 9.47 Å². The molecule has 3 nitrogen and oxygen atoms in total. The monoisotopic (exact) mass is 533 g/mol. The van der Waals surface area contributed by atoms with Crippen LogP contribution in [0.15, 0.2) is 112 Å². The molecular weight excluding hydrogens is 509 g/mol. The Bertz CT molecular complexity index is 1400. The Morgan fingerprint density at radius 1 is 0.789 bits per heavy atom. The molecule has 0 radical (unpaired) electrons. The van der Waals surface area contributed by atoms with Gasteiger partial charge in [0.2, 0.25) is 0 Å². The van der Waals surface area contributed by atoms with E-state index in [1.807, 2.05) is 48.5 Å². The minimum Gasteiger partial charge on any atom is -0.482 e. The molecule has 0 aliphatic heterocycles. The van der Waals surface area contributed by atoms with Crippen molar-refractivity contribution >= 4 is 16.9 Å². The molecule has 0 amide bonds. The number of carbonyl (C=O) groups excluding carboxylic acids is 1. The second-order valence-corrected chi connectivity index (χ2v) is 10.7. The minimum absolute atomic E-state index is 0.309. The Morgan fingerprint density at radius 3 is 1.82 bits per heavy atom. The number of carbonyl (C=O) groups is 1.